The Balaban J connectivity index is 2.67. The van der Waals surface area contributed by atoms with Gasteiger partial charge in [-0.25, -0.2) is 0 Å². The van der Waals surface area contributed by atoms with Crippen molar-refractivity contribution < 1.29 is 32.9 Å². The summed E-state index contributed by atoms with van der Waals surface area (Å²) in [6.45, 7) is 3.94. The zero-order valence-corrected chi connectivity index (χ0v) is 20.8. The van der Waals surface area contributed by atoms with Crippen molar-refractivity contribution >= 4 is 19.7 Å². The van der Waals surface area contributed by atoms with Crippen LogP contribution in [0.2, 0.25) is 0 Å². The van der Waals surface area contributed by atoms with Gasteiger partial charge in [-0.05, 0) is 43.2 Å². The Morgan fingerprint density at radius 3 is 2.09 bits per heavy atom. The molecule has 2 aromatic rings. The minimum atomic E-state index is -3.67. The van der Waals surface area contributed by atoms with Crippen molar-refractivity contribution in [3.05, 3.63) is 53.1 Å². The van der Waals surface area contributed by atoms with Gasteiger partial charge in [-0.1, -0.05) is 24.3 Å². The highest BCUT2D eigenvalue weighted by Gasteiger charge is 2.39. The molecule has 9 heteroatoms. The molecule has 0 spiro atoms. The summed E-state index contributed by atoms with van der Waals surface area (Å²) in [6.07, 6.45) is 3.81. The van der Waals surface area contributed by atoms with E-state index in [0.29, 0.717) is 22.6 Å². The summed E-state index contributed by atoms with van der Waals surface area (Å²) < 4.78 is 41.5. The Labute approximate surface area is 196 Å². The smallest absolute Gasteiger partial charge is 0.352 e. The molecule has 0 aliphatic carbocycles. The van der Waals surface area contributed by atoms with Gasteiger partial charge in [-0.3, -0.25) is 9.88 Å². The van der Waals surface area contributed by atoms with Crippen LogP contribution >= 0.6 is 7.60 Å². The zero-order valence-electron chi connectivity index (χ0n) is 19.9. The van der Waals surface area contributed by atoms with Gasteiger partial charge >= 0.3 is 7.60 Å². The van der Waals surface area contributed by atoms with Crippen LogP contribution in [0.4, 0.5) is 0 Å². The highest BCUT2D eigenvalue weighted by Crippen LogP contribution is 2.61. The second-order valence-electron chi connectivity index (χ2n) is 6.89. The van der Waals surface area contributed by atoms with E-state index in [1.807, 2.05) is 42.5 Å². The average molecular weight is 480 g/mol. The summed E-state index contributed by atoms with van der Waals surface area (Å²) in [5.41, 5.74) is 2.24. The van der Waals surface area contributed by atoms with Gasteiger partial charge in [-0.15, -0.1) is 0 Å². The summed E-state index contributed by atoms with van der Waals surface area (Å²) in [5.74, 6) is 0.923. The van der Waals surface area contributed by atoms with E-state index >= 15 is 0 Å². The SMILES string of the molecule is CCOP(=O)(OCC)C(NCCO)c1c(/C=C/c2ccc(OC)cc2)cc(OC)cc1OC. The van der Waals surface area contributed by atoms with Crippen LogP contribution < -0.4 is 19.5 Å². The molecular weight excluding hydrogens is 445 g/mol. The fraction of sp³-hybridized carbons (Fsp3) is 0.417. The lowest BCUT2D eigenvalue weighted by Gasteiger charge is -2.29. The number of rotatable bonds is 14. The second-order valence-corrected chi connectivity index (χ2v) is 9.01. The Bertz CT molecular complexity index is 937. The summed E-state index contributed by atoms with van der Waals surface area (Å²) in [4.78, 5) is 0. The van der Waals surface area contributed by atoms with Crippen molar-refractivity contribution in [3.8, 4) is 17.2 Å². The van der Waals surface area contributed by atoms with Crippen molar-refractivity contribution in [1.82, 2.24) is 5.32 Å². The van der Waals surface area contributed by atoms with E-state index in [1.54, 1.807) is 34.1 Å². The molecule has 0 saturated carbocycles. The standard InChI is InChI=1S/C24H34NO7P/c1-6-31-33(27,32-7-2)24(25-14-15-26)23-19(16-21(29-4)17-22(23)30-5)11-8-18-9-12-20(28-3)13-10-18/h8-13,16-17,24-26H,6-7,14-15H2,1-5H3/b11-8+. The highest BCUT2D eigenvalue weighted by molar-refractivity contribution is 7.54. The highest BCUT2D eigenvalue weighted by atomic mass is 31.2. The van der Waals surface area contributed by atoms with Crippen LogP contribution in [0.25, 0.3) is 12.2 Å². The second kappa shape index (κ2) is 13.4. The maximum absolute atomic E-state index is 13.8. The predicted octanol–water partition coefficient (Wildman–Crippen LogP) is 4.73. The third kappa shape index (κ3) is 7.06. The van der Waals surface area contributed by atoms with Crippen molar-refractivity contribution in [2.24, 2.45) is 0 Å². The summed E-state index contributed by atoms with van der Waals surface area (Å²) in [6, 6.07) is 11.1. The summed E-state index contributed by atoms with van der Waals surface area (Å²) in [7, 11) is 1.05. The van der Waals surface area contributed by atoms with Crippen LogP contribution in [0.5, 0.6) is 17.2 Å². The number of nitrogens with one attached hydrogen (secondary N) is 1. The molecule has 1 unspecified atom stereocenters. The van der Waals surface area contributed by atoms with E-state index in [2.05, 4.69) is 5.32 Å². The molecule has 0 bridgehead atoms. The molecule has 0 aliphatic heterocycles. The number of hydrogen-bond acceptors (Lipinski definition) is 8. The number of hydrogen-bond donors (Lipinski definition) is 2. The lowest BCUT2D eigenvalue weighted by Crippen LogP contribution is -2.27. The van der Waals surface area contributed by atoms with E-state index in [9.17, 15) is 9.67 Å². The molecule has 8 nitrogen and oxygen atoms in total. The molecule has 0 aromatic heterocycles. The van der Waals surface area contributed by atoms with Gasteiger partial charge in [0.05, 0.1) is 41.2 Å². The molecule has 2 aromatic carbocycles. The van der Waals surface area contributed by atoms with E-state index in [0.717, 1.165) is 11.3 Å². The predicted molar refractivity (Wildman–Crippen MR) is 130 cm³/mol. The van der Waals surface area contributed by atoms with Gasteiger partial charge < -0.3 is 28.4 Å². The van der Waals surface area contributed by atoms with Crippen molar-refractivity contribution in [2.45, 2.75) is 19.6 Å². The summed E-state index contributed by atoms with van der Waals surface area (Å²) >= 11 is 0. The van der Waals surface area contributed by atoms with Crippen molar-refractivity contribution in [1.29, 1.82) is 0 Å². The molecule has 0 fully saturated rings. The van der Waals surface area contributed by atoms with Crippen molar-refractivity contribution in [3.63, 3.8) is 0 Å². The van der Waals surface area contributed by atoms with Gasteiger partial charge in [0.15, 0.2) is 0 Å². The van der Waals surface area contributed by atoms with E-state index in [-0.39, 0.29) is 26.4 Å². The van der Waals surface area contributed by atoms with Crippen LogP contribution in [-0.4, -0.2) is 52.8 Å². The Kier molecular flexibility index (Phi) is 10.9. The average Bonchev–Trinajstić information content (AvgIpc) is 2.83. The summed E-state index contributed by atoms with van der Waals surface area (Å²) in [5, 5.41) is 12.6. The van der Waals surface area contributed by atoms with Crippen LogP contribution in [-0.2, 0) is 13.6 Å². The van der Waals surface area contributed by atoms with E-state index in [1.165, 1.54) is 7.11 Å². The van der Waals surface area contributed by atoms with Gasteiger partial charge in [0.1, 0.15) is 23.0 Å². The zero-order chi connectivity index (χ0) is 24.3. The maximum Gasteiger partial charge on any atom is 0.352 e. The first kappa shape index (κ1) is 26.9. The normalized spacial score (nSPS) is 12.7. The minimum absolute atomic E-state index is 0.149. The monoisotopic (exact) mass is 479 g/mol. The molecule has 0 saturated heterocycles. The quantitative estimate of drug-likeness (QED) is 0.297. The topological polar surface area (TPSA) is 95.5 Å². The van der Waals surface area contributed by atoms with Crippen LogP contribution in [0.1, 0.15) is 36.3 Å². The number of benzene rings is 2. The molecule has 182 valence electrons. The fourth-order valence-electron chi connectivity index (χ4n) is 3.36. The Morgan fingerprint density at radius 1 is 0.939 bits per heavy atom. The van der Waals surface area contributed by atoms with Gasteiger partial charge in [0.2, 0.25) is 0 Å². The van der Waals surface area contributed by atoms with Crippen molar-refractivity contribution in [2.75, 3.05) is 47.7 Å². The first-order valence-electron chi connectivity index (χ1n) is 10.8. The van der Waals surface area contributed by atoms with Gasteiger partial charge in [0.25, 0.3) is 0 Å². The largest absolute Gasteiger partial charge is 0.497 e. The molecular formula is C24H34NO7P. The third-order valence-corrected chi connectivity index (χ3v) is 7.14. The third-order valence-electron chi connectivity index (χ3n) is 4.83. The van der Waals surface area contributed by atoms with E-state index in [4.69, 9.17) is 23.3 Å². The van der Waals surface area contributed by atoms with Crippen LogP contribution in [0.3, 0.4) is 0 Å². The first-order chi connectivity index (χ1) is 16.0. The molecule has 1 atom stereocenters. The van der Waals surface area contributed by atoms with E-state index < -0.39 is 13.4 Å². The Morgan fingerprint density at radius 2 is 1.58 bits per heavy atom. The van der Waals surface area contributed by atoms with Crippen LogP contribution in [0.15, 0.2) is 36.4 Å². The minimum Gasteiger partial charge on any atom is -0.497 e. The first-order valence-corrected chi connectivity index (χ1v) is 12.4. The number of aliphatic hydroxyl groups is 1. The molecule has 33 heavy (non-hydrogen) atoms. The number of ether oxygens (including phenoxy) is 3. The molecule has 2 N–H and O–H groups in total. The fourth-order valence-corrected chi connectivity index (χ4v) is 5.40. The molecule has 0 radical (unpaired) electrons. The number of methoxy groups -OCH3 is 3. The molecule has 0 amide bonds. The maximum atomic E-state index is 13.8. The van der Waals surface area contributed by atoms with Crippen LogP contribution in [0, 0.1) is 0 Å². The van der Waals surface area contributed by atoms with Gasteiger partial charge in [0, 0.05) is 18.2 Å². The van der Waals surface area contributed by atoms with Gasteiger partial charge in [-0.2, -0.15) is 0 Å². The molecule has 0 aliphatic rings. The molecule has 0 heterocycles. The lowest BCUT2D eigenvalue weighted by molar-refractivity contribution is 0.204. The lowest BCUT2D eigenvalue weighted by atomic mass is 10.0. The molecule has 2 rings (SSSR count). The Hall–Kier alpha value is -2.35. The number of aliphatic hydroxyl groups excluding tert-OH is 1.